The predicted molar refractivity (Wildman–Crippen MR) is 109 cm³/mol. The van der Waals surface area contributed by atoms with Gasteiger partial charge in [-0.15, -0.1) is 5.06 Å². The molecule has 2 heterocycles. The number of methoxy groups -OCH3 is 1. The van der Waals surface area contributed by atoms with Crippen LogP contribution in [-0.2, 0) is 25.6 Å². The zero-order chi connectivity index (χ0) is 20.8. The fourth-order valence-corrected chi connectivity index (χ4v) is 4.53. The van der Waals surface area contributed by atoms with Crippen LogP contribution in [0.5, 0.6) is 0 Å². The van der Waals surface area contributed by atoms with Gasteiger partial charge in [0, 0.05) is 24.1 Å². The number of amides is 1. The molecule has 7 heteroatoms. The van der Waals surface area contributed by atoms with E-state index >= 15 is 0 Å². The Morgan fingerprint density at radius 2 is 1.87 bits per heavy atom. The molecule has 30 heavy (non-hydrogen) atoms. The SMILES string of the molecule is COC(=O)CN1CCN2OC3=C(c4ccccc4CC(O)c4ccccc43)C2C1=O. The normalized spacial score (nSPS) is 22.9. The molecule has 2 aromatic carbocycles. The summed E-state index contributed by atoms with van der Waals surface area (Å²) in [6.07, 6.45) is -0.235. The minimum absolute atomic E-state index is 0.0841. The number of hydrogen-bond donors (Lipinski definition) is 1. The Morgan fingerprint density at radius 1 is 1.13 bits per heavy atom. The first kappa shape index (κ1) is 18.8. The van der Waals surface area contributed by atoms with Crippen molar-refractivity contribution in [2.75, 3.05) is 26.7 Å². The lowest BCUT2D eigenvalue weighted by molar-refractivity contribution is -0.166. The summed E-state index contributed by atoms with van der Waals surface area (Å²) in [7, 11) is 1.32. The summed E-state index contributed by atoms with van der Waals surface area (Å²) in [5.74, 6) is -0.0448. The lowest BCUT2D eigenvalue weighted by atomic mass is 9.83. The Balaban J connectivity index is 1.67. The molecule has 0 saturated carbocycles. The number of ether oxygens (including phenoxy) is 1. The van der Waals surface area contributed by atoms with Gasteiger partial charge in [0.15, 0.2) is 11.8 Å². The molecule has 154 valence electrons. The minimum atomic E-state index is -0.677. The maximum Gasteiger partial charge on any atom is 0.325 e. The number of carbonyl (C=O) groups is 2. The van der Waals surface area contributed by atoms with Crippen LogP contribution < -0.4 is 0 Å². The van der Waals surface area contributed by atoms with Gasteiger partial charge < -0.3 is 19.6 Å². The smallest absolute Gasteiger partial charge is 0.325 e. The second kappa shape index (κ2) is 7.27. The summed E-state index contributed by atoms with van der Waals surface area (Å²) in [5.41, 5.74) is 4.19. The molecule has 2 unspecified atom stereocenters. The highest BCUT2D eigenvalue weighted by molar-refractivity contribution is 6.06. The van der Waals surface area contributed by atoms with Gasteiger partial charge in [-0.05, 0) is 16.7 Å². The van der Waals surface area contributed by atoms with E-state index < -0.39 is 18.1 Å². The van der Waals surface area contributed by atoms with Crippen molar-refractivity contribution in [3.63, 3.8) is 0 Å². The highest BCUT2D eigenvalue weighted by Crippen LogP contribution is 2.46. The zero-order valence-electron chi connectivity index (χ0n) is 16.6. The number of carbonyl (C=O) groups excluding carboxylic acids is 2. The van der Waals surface area contributed by atoms with E-state index in [4.69, 9.17) is 9.57 Å². The maximum absolute atomic E-state index is 13.4. The van der Waals surface area contributed by atoms with Crippen molar-refractivity contribution >= 4 is 23.2 Å². The monoisotopic (exact) mass is 406 g/mol. The summed E-state index contributed by atoms with van der Waals surface area (Å²) in [4.78, 5) is 33.0. The highest BCUT2D eigenvalue weighted by Gasteiger charge is 2.47. The number of fused-ring (bicyclic) bond motifs is 6. The number of hydroxylamine groups is 2. The standard InChI is InChI=1S/C23H22N2O5/c1-29-19(27)13-24-10-11-25-21(23(24)28)20-15-7-3-2-6-14(15)12-18(26)16-8-4-5-9-17(16)22(20)30-25/h2-9,18,21,26H,10-13H2,1H3. The van der Waals surface area contributed by atoms with Gasteiger partial charge in [-0.25, -0.2) is 0 Å². The van der Waals surface area contributed by atoms with E-state index in [1.54, 1.807) is 5.06 Å². The van der Waals surface area contributed by atoms with Crippen LogP contribution in [-0.4, -0.2) is 59.7 Å². The Morgan fingerprint density at radius 3 is 2.67 bits per heavy atom. The van der Waals surface area contributed by atoms with Crippen LogP contribution in [0.25, 0.3) is 11.3 Å². The molecule has 5 rings (SSSR count). The molecule has 2 aromatic rings. The molecule has 3 aliphatic rings. The molecule has 0 bridgehead atoms. The number of benzene rings is 2. The minimum Gasteiger partial charge on any atom is -0.468 e. The largest absolute Gasteiger partial charge is 0.468 e. The first-order valence-electron chi connectivity index (χ1n) is 9.98. The van der Waals surface area contributed by atoms with Crippen molar-refractivity contribution in [1.82, 2.24) is 9.96 Å². The van der Waals surface area contributed by atoms with Gasteiger partial charge >= 0.3 is 5.97 Å². The maximum atomic E-state index is 13.4. The van der Waals surface area contributed by atoms with Crippen molar-refractivity contribution in [1.29, 1.82) is 0 Å². The van der Waals surface area contributed by atoms with Crippen molar-refractivity contribution in [2.45, 2.75) is 18.6 Å². The first-order chi connectivity index (χ1) is 14.6. The quantitative estimate of drug-likeness (QED) is 0.766. The molecule has 0 aromatic heterocycles. The molecule has 2 atom stereocenters. The van der Waals surface area contributed by atoms with E-state index in [-0.39, 0.29) is 12.5 Å². The number of aliphatic hydroxyl groups excluding tert-OH is 1. The second-order valence-electron chi connectivity index (χ2n) is 7.68. The Kier molecular flexibility index (Phi) is 4.56. The first-order valence-corrected chi connectivity index (χ1v) is 9.98. The third kappa shape index (κ3) is 2.89. The van der Waals surface area contributed by atoms with Crippen molar-refractivity contribution in [3.8, 4) is 0 Å². The van der Waals surface area contributed by atoms with Gasteiger partial charge in [0.2, 0.25) is 5.91 Å². The third-order valence-electron chi connectivity index (χ3n) is 5.98. The third-order valence-corrected chi connectivity index (χ3v) is 5.98. The summed E-state index contributed by atoms with van der Waals surface area (Å²) in [5, 5.41) is 12.6. The summed E-state index contributed by atoms with van der Waals surface area (Å²) in [6, 6.07) is 14.7. The van der Waals surface area contributed by atoms with E-state index in [2.05, 4.69) is 0 Å². The molecule has 1 aliphatic carbocycles. The lowest BCUT2D eigenvalue weighted by Crippen LogP contribution is -2.56. The Bertz CT molecular complexity index is 1060. The molecular formula is C23H22N2O5. The van der Waals surface area contributed by atoms with E-state index in [9.17, 15) is 14.7 Å². The molecule has 1 N–H and O–H groups in total. The van der Waals surface area contributed by atoms with Crippen molar-refractivity contribution in [3.05, 3.63) is 70.8 Å². The lowest BCUT2D eigenvalue weighted by Gasteiger charge is -2.35. The number of piperazine rings is 1. The molecule has 0 radical (unpaired) electrons. The number of rotatable bonds is 2. The van der Waals surface area contributed by atoms with E-state index in [0.717, 1.165) is 27.8 Å². The Hall–Kier alpha value is -3.16. The van der Waals surface area contributed by atoms with Crippen LogP contribution in [0.2, 0.25) is 0 Å². The van der Waals surface area contributed by atoms with E-state index in [1.807, 2.05) is 48.5 Å². The van der Waals surface area contributed by atoms with Gasteiger partial charge in [-0.3, -0.25) is 9.59 Å². The predicted octanol–water partition coefficient (Wildman–Crippen LogP) is 1.78. The number of nitrogens with zero attached hydrogens (tertiary/aromatic N) is 2. The van der Waals surface area contributed by atoms with Gasteiger partial charge in [0.1, 0.15) is 6.54 Å². The number of esters is 1. The average Bonchev–Trinajstić information content (AvgIpc) is 3.15. The molecular weight excluding hydrogens is 384 g/mol. The van der Waals surface area contributed by atoms with Crippen LogP contribution in [0.15, 0.2) is 48.5 Å². The van der Waals surface area contributed by atoms with Crippen LogP contribution in [0.3, 0.4) is 0 Å². The number of aliphatic hydroxyl groups is 1. The van der Waals surface area contributed by atoms with Crippen molar-refractivity contribution < 1.29 is 24.3 Å². The van der Waals surface area contributed by atoms with Gasteiger partial charge in [-0.2, -0.15) is 0 Å². The highest BCUT2D eigenvalue weighted by atomic mass is 16.7. The summed E-state index contributed by atoms with van der Waals surface area (Å²) >= 11 is 0. The summed E-state index contributed by atoms with van der Waals surface area (Å²) < 4.78 is 4.75. The van der Waals surface area contributed by atoms with Crippen molar-refractivity contribution in [2.24, 2.45) is 0 Å². The van der Waals surface area contributed by atoms with Crippen LogP contribution in [0.1, 0.15) is 28.4 Å². The van der Waals surface area contributed by atoms with E-state index in [1.165, 1.54) is 12.0 Å². The van der Waals surface area contributed by atoms with Gasteiger partial charge in [0.25, 0.3) is 0 Å². The fraction of sp³-hybridized carbons (Fsp3) is 0.304. The second-order valence-corrected chi connectivity index (χ2v) is 7.68. The van der Waals surface area contributed by atoms with E-state index in [0.29, 0.717) is 25.3 Å². The molecule has 7 nitrogen and oxygen atoms in total. The van der Waals surface area contributed by atoms with Crippen LogP contribution in [0.4, 0.5) is 0 Å². The Labute approximate surface area is 174 Å². The molecule has 1 fully saturated rings. The summed E-state index contributed by atoms with van der Waals surface area (Å²) in [6.45, 7) is 0.753. The van der Waals surface area contributed by atoms with Crippen LogP contribution >= 0.6 is 0 Å². The molecule has 2 aliphatic heterocycles. The number of hydrogen-bond acceptors (Lipinski definition) is 6. The topological polar surface area (TPSA) is 79.3 Å². The molecule has 0 spiro atoms. The van der Waals surface area contributed by atoms with Gasteiger partial charge in [-0.1, -0.05) is 48.5 Å². The van der Waals surface area contributed by atoms with Crippen LogP contribution in [0, 0.1) is 0 Å². The average molecular weight is 406 g/mol. The van der Waals surface area contributed by atoms with Gasteiger partial charge in [0.05, 0.1) is 19.8 Å². The fourth-order valence-electron chi connectivity index (χ4n) is 4.53. The molecule has 1 saturated heterocycles. The molecule has 1 amide bonds. The zero-order valence-corrected chi connectivity index (χ0v) is 16.6.